The minimum absolute atomic E-state index is 0.0426. The number of ether oxygens (including phenoxy) is 1. The van der Waals surface area contributed by atoms with Crippen molar-refractivity contribution in [3.05, 3.63) is 135 Å². The maximum Gasteiger partial charge on any atom is 0.269 e. The van der Waals surface area contributed by atoms with Gasteiger partial charge in [0.2, 0.25) is 10.0 Å². The fourth-order valence-corrected chi connectivity index (χ4v) is 10.1. The summed E-state index contributed by atoms with van der Waals surface area (Å²) in [5, 5.41) is 12.1. The molecule has 47 heavy (non-hydrogen) atoms. The Hall–Kier alpha value is -4.36. The SMILES string of the molecule is Cc1ccc(S(=O)(=O)N2Cc3c(c4ccccc4n3S(=O)(=O)c3ccc(C)cc3)C3(CCOC(c4ccc([N+](=O)[O-])cc4)C3)C2)cc1. The summed E-state index contributed by atoms with van der Waals surface area (Å²) < 4.78 is 66.7. The molecule has 2 atom stereocenters. The van der Waals surface area contributed by atoms with E-state index in [1.807, 2.05) is 26.0 Å². The van der Waals surface area contributed by atoms with Crippen LogP contribution in [-0.4, -0.2) is 43.2 Å². The van der Waals surface area contributed by atoms with Crippen LogP contribution < -0.4 is 0 Å². The molecule has 4 aromatic carbocycles. The van der Waals surface area contributed by atoms with E-state index in [-0.39, 0.29) is 35.2 Å². The lowest BCUT2D eigenvalue weighted by molar-refractivity contribution is -0.384. The highest BCUT2D eigenvalue weighted by atomic mass is 32.2. The van der Waals surface area contributed by atoms with Crippen LogP contribution in [0.15, 0.2) is 107 Å². The Labute approximate surface area is 273 Å². The first kappa shape index (κ1) is 31.3. The number of aromatic nitrogens is 1. The van der Waals surface area contributed by atoms with Gasteiger partial charge in [-0.15, -0.1) is 0 Å². The summed E-state index contributed by atoms with van der Waals surface area (Å²) in [4.78, 5) is 11.1. The first-order valence-corrected chi connectivity index (χ1v) is 18.2. The molecular formula is C35H33N3O7S2. The average Bonchev–Trinajstić information content (AvgIpc) is 3.41. The summed E-state index contributed by atoms with van der Waals surface area (Å²) in [6.07, 6.45) is 0.286. The molecule has 0 aliphatic carbocycles. The summed E-state index contributed by atoms with van der Waals surface area (Å²) >= 11 is 0. The summed E-state index contributed by atoms with van der Waals surface area (Å²) in [6.45, 7) is 4.02. The molecule has 3 heterocycles. The van der Waals surface area contributed by atoms with Crippen molar-refractivity contribution in [1.82, 2.24) is 8.28 Å². The van der Waals surface area contributed by atoms with E-state index < -0.39 is 36.5 Å². The highest BCUT2D eigenvalue weighted by molar-refractivity contribution is 7.90. The minimum atomic E-state index is -4.15. The third-order valence-electron chi connectivity index (χ3n) is 9.43. The van der Waals surface area contributed by atoms with Crippen molar-refractivity contribution in [3.8, 4) is 0 Å². The monoisotopic (exact) mass is 671 g/mol. The van der Waals surface area contributed by atoms with Gasteiger partial charge in [-0.3, -0.25) is 10.1 Å². The van der Waals surface area contributed by atoms with Crippen molar-refractivity contribution in [1.29, 1.82) is 0 Å². The number of hydrogen-bond acceptors (Lipinski definition) is 7. The number of hydrogen-bond donors (Lipinski definition) is 0. The van der Waals surface area contributed by atoms with Gasteiger partial charge in [0, 0.05) is 36.1 Å². The molecule has 10 nitrogen and oxygen atoms in total. The Kier molecular flexibility index (Phi) is 7.59. The summed E-state index contributed by atoms with van der Waals surface area (Å²) in [6, 6.07) is 26.8. The quantitative estimate of drug-likeness (QED) is 0.151. The molecule has 7 rings (SSSR count). The molecule has 2 aliphatic heterocycles. The Morgan fingerprint density at radius 3 is 2.02 bits per heavy atom. The van der Waals surface area contributed by atoms with Crippen molar-refractivity contribution in [2.75, 3.05) is 13.2 Å². The number of non-ortho nitro benzene ring substituents is 1. The van der Waals surface area contributed by atoms with Gasteiger partial charge < -0.3 is 4.74 Å². The lowest BCUT2D eigenvalue weighted by atomic mass is 9.69. The molecule has 1 saturated heterocycles. The Morgan fingerprint density at radius 1 is 0.809 bits per heavy atom. The number of para-hydroxylation sites is 1. The fourth-order valence-electron chi connectivity index (χ4n) is 7.07. The maximum atomic E-state index is 14.5. The smallest absolute Gasteiger partial charge is 0.269 e. The lowest BCUT2D eigenvalue weighted by Gasteiger charge is -2.47. The van der Waals surface area contributed by atoms with E-state index >= 15 is 0 Å². The molecule has 1 fully saturated rings. The molecule has 2 unspecified atom stereocenters. The van der Waals surface area contributed by atoms with E-state index in [9.17, 15) is 26.9 Å². The largest absolute Gasteiger partial charge is 0.373 e. The number of fused-ring (bicyclic) bond motifs is 4. The molecule has 0 N–H and O–H groups in total. The molecule has 0 radical (unpaired) electrons. The van der Waals surface area contributed by atoms with E-state index in [1.165, 1.54) is 20.4 Å². The van der Waals surface area contributed by atoms with Crippen LogP contribution in [0, 0.1) is 24.0 Å². The maximum absolute atomic E-state index is 14.5. The predicted molar refractivity (Wildman–Crippen MR) is 177 cm³/mol. The fraction of sp³-hybridized carbons (Fsp3) is 0.257. The highest BCUT2D eigenvalue weighted by Crippen LogP contribution is 2.51. The number of nitro benzene ring substituents is 1. The number of nitro groups is 1. The standard InChI is InChI=1S/C35H33N3O7S2/c1-24-7-15-28(16-8-24)46(41,42)36-22-32-34(35(23-36)19-20-45-33(21-35)26-11-13-27(14-12-26)38(39)40)30-5-3-4-6-31(30)37(32)47(43,44)29-17-9-25(2)10-18-29/h3-18,33H,19-23H2,1-2H3. The van der Waals surface area contributed by atoms with Crippen LogP contribution in [-0.2, 0) is 36.7 Å². The van der Waals surface area contributed by atoms with E-state index in [2.05, 4.69) is 0 Å². The Bertz CT molecular complexity index is 2230. The van der Waals surface area contributed by atoms with Crippen LogP contribution in [0.5, 0.6) is 0 Å². The Morgan fingerprint density at radius 2 is 1.40 bits per heavy atom. The minimum Gasteiger partial charge on any atom is -0.373 e. The normalized spacial score (nSPS) is 20.3. The molecule has 2 aliphatic rings. The molecule has 1 aromatic heterocycles. The number of benzene rings is 4. The zero-order valence-corrected chi connectivity index (χ0v) is 27.5. The number of nitrogens with zero attached hydrogens (tertiary/aromatic N) is 3. The summed E-state index contributed by atoms with van der Waals surface area (Å²) in [5.41, 5.74) is 3.37. The van der Waals surface area contributed by atoms with Gasteiger partial charge in [0.1, 0.15) is 0 Å². The topological polar surface area (TPSA) is 129 Å². The van der Waals surface area contributed by atoms with Crippen LogP contribution in [0.1, 0.15) is 46.9 Å². The van der Waals surface area contributed by atoms with E-state index in [0.29, 0.717) is 24.1 Å². The van der Waals surface area contributed by atoms with Crippen molar-refractivity contribution < 1.29 is 26.5 Å². The van der Waals surface area contributed by atoms with Gasteiger partial charge in [-0.2, -0.15) is 4.31 Å². The van der Waals surface area contributed by atoms with Crippen LogP contribution in [0.2, 0.25) is 0 Å². The van der Waals surface area contributed by atoms with E-state index in [1.54, 1.807) is 72.8 Å². The second-order valence-electron chi connectivity index (χ2n) is 12.5. The molecule has 1 spiro atoms. The van der Waals surface area contributed by atoms with Crippen LogP contribution in [0.25, 0.3) is 10.9 Å². The summed E-state index contributed by atoms with van der Waals surface area (Å²) in [5.74, 6) is 0. The van der Waals surface area contributed by atoms with E-state index in [0.717, 1.165) is 27.6 Å². The van der Waals surface area contributed by atoms with Crippen LogP contribution >= 0.6 is 0 Å². The first-order valence-electron chi connectivity index (χ1n) is 15.3. The van der Waals surface area contributed by atoms with Gasteiger partial charge >= 0.3 is 0 Å². The van der Waals surface area contributed by atoms with E-state index in [4.69, 9.17) is 4.74 Å². The molecular weight excluding hydrogens is 639 g/mol. The van der Waals surface area contributed by atoms with Gasteiger partial charge in [-0.1, -0.05) is 53.6 Å². The zero-order valence-electron chi connectivity index (χ0n) is 25.9. The second-order valence-corrected chi connectivity index (χ2v) is 16.2. The van der Waals surface area contributed by atoms with Gasteiger partial charge in [-0.25, -0.2) is 20.8 Å². The van der Waals surface area contributed by atoms with Crippen molar-refractivity contribution in [2.24, 2.45) is 0 Å². The zero-order chi connectivity index (χ0) is 33.1. The summed E-state index contributed by atoms with van der Waals surface area (Å²) in [7, 11) is -8.21. The molecule has 12 heteroatoms. The van der Waals surface area contributed by atoms with Gasteiger partial charge in [0.05, 0.1) is 38.6 Å². The lowest BCUT2D eigenvalue weighted by Crippen LogP contribution is -2.51. The molecule has 0 saturated carbocycles. The van der Waals surface area contributed by atoms with Crippen molar-refractivity contribution in [2.45, 2.75) is 54.5 Å². The predicted octanol–water partition coefficient (Wildman–Crippen LogP) is 6.40. The third-order valence-corrected chi connectivity index (χ3v) is 13.0. The molecule has 5 aromatic rings. The van der Waals surface area contributed by atoms with Gasteiger partial charge in [0.25, 0.3) is 15.7 Å². The highest BCUT2D eigenvalue weighted by Gasteiger charge is 2.50. The number of rotatable bonds is 6. The van der Waals surface area contributed by atoms with Crippen molar-refractivity contribution >= 4 is 36.6 Å². The van der Waals surface area contributed by atoms with Crippen molar-refractivity contribution in [3.63, 3.8) is 0 Å². The molecule has 0 amide bonds. The molecule has 0 bridgehead atoms. The number of aryl methyl sites for hydroxylation is 2. The third kappa shape index (κ3) is 5.25. The van der Waals surface area contributed by atoms with Gasteiger partial charge in [0.15, 0.2) is 0 Å². The van der Waals surface area contributed by atoms with Crippen LogP contribution in [0.3, 0.4) is 0 Å². The number of sulfonamides is 1. The average molecular weight is 672 g/mol. The van der Waals surface area contributed by atoms with Crippen LogP contribution in [0.4, 0.5) is 5.69 Å². The Balaban J connectivity index is 1.45. The van der Waals surface area contributed by atoms with Gasteiger partial charge in [-0.05, 0) is 80.3 Å². The second kappa shape index (κ2) is 11.4. The molecule has 242 valence electrons. The first-order chi connectivity index (χ1) is 22.4.